The van der Waals surface area contributed by atoms with Crippen molar-refractivity contribution in [3.63, 3.8) is 0 Å². The molecule has 0 fully saturated rings. The van der Waals surface area contributed by atoms with Crippen LogP contribution in [0.3, 0.4) is 0 Å². The summed E-state index contributed by atoms with van der Waals surface area (Å²) in [5, 5.41) is 10.0. The number of hydrogen-bond donors (Lipinski definition) is 1. The van der Waals surface area contributed by atoms with Gasteiger partial charge in [-0.2, -0.15) is 0 Å². The molecule has 1 N–H and O–H groups in total. The molecule has 0 aromatic heterocycles. The molecule has 1 nitrogen and oxygen atoms in total. The molecule has 0 aliphatic heterocycles. The van der Waals surface area contributed by atoms with Gasteiger partial charge >= 0.3 is 0 Å². The van der Waals surface area contributed by atoms with E-state index in [9.17, 15) is 9.50 Å². The summed E-state index contributed by atoms with van der Waals surface area (Å²) < 4.78 is 13.6. The molecule has 0 saturated heterocycles. The van der Waals surface area contributed by atoms with Crippen LogP contribution in [0.15, 0.2) is 29.8 Å². The highest BCUT2D eigenvalue weighted by Crippen LogP contribution is 2.33. The number of aliphatic hydroxyl groups is 1. The predicted octanol–water partition coefficient (Wildman–Crippen LogP) is 3.62. The molecule has 3 heteroatoms. The van der Waals surface area contributed by atoms with Crippen LogP contribution in [-0.2, 0) is 0 Å². The normalized spacial score (nSPS) is 17.7. The zero-order valence-corrected chi connectivity index (χ0v) is 8.97. The van der Waals surface area contributed by atoms with Crippen LogP contribution in [0.4, 0.5) is 4.39 Å². The maximum absolute atomic E-state index is 13.6. The highest BCUT2D eigenvalue weighted by molar-refractivity contribution is 6.30. The van der Waals surface area contributed by atoms with Gasteiger partial charge in [0.2, 0.25) is 0 Å². The zero-order valence-electron chi connectivity index (χ0n) is 8.21. The Labute approximate surface area is 93.2 Å². The van der Waals surface area contributed by atoms with Crippen molar-refractivity contribution in [2.24, 2.45) is 0 Å². The van der Waals surface area contributed by atoms with Crippen LogP contribution < -0.4 is 0 Å². The SMILES string of the molecule is OC(C1=CCCC1)c1cccc(Cl)c1F. The number of hydrogen-bond acceptors (Lipinski definition) is 1. The monoisotopic (exact) mass is 226 g/mol. The van der Waals surface area contributed by atoms with Gasteiger partial charge in [-0.1, -0.05) is 29.8 Å². The molecule has 1 atom stereocenters. The van der Waals surface area contributed by atoms with Crippen molar-refractivity contribution in [2.45, 2.75) is 25.4 Å². The fourth-order valence-electron chi connectivity index (χ4n) is 1.88. The van der Waals surface area contributed by atoms with Crippen molar-refractivity contribution in [1.82, 2.24) is 0 Å². The molecule has 80 valence electrons. The number of allylic oxidation sites excluding steroid dienone is 1. The van der Waals surface area contributed by atoms with Gasteiger partial charge in [-0.25, -0.2) is 4.39 Å². The molecular formula is C12H12ClFO. The average Bonchev–Trinajstić information content (AvgIpc) is 2.74. The Kier molecular flexibility index (Phi) is 3.08. The summed E-state index contributed by atoms with van der Waals surface area (Å²) in [7, 11) is 0. The second kappa shape index (κ2) is 4.33. The molecule has 2 rings (SSSR count). The lowest BCUT2D eigenvalue weighted by atomic mass is 10.0. The summed E-state index contributed by atoms with van der Waals surface area (Å²) in [6.07, 6.45) is 3.98. The van der Waals surface area contributed by atoms with Crippen LogP contribution in [0, 0.1) is 5.82 Å². The van der Waals surface area contributed by atoms with E-state index in [0.717, 1.165) is 24.8 Å². The molecule has 1 aromatic carbocycles. The average molecular weight is 227 g/mol. The van der Waals surface area contributed by atoms with Crippen molar-refractivity contribution in [3.8, 4) is 0 Å². The molecule has 0 saturated carbocycles. The van der Waals surface area contributed by atoms with Gasteiger partial charge < -0.3 is 5.11 Å². The summed E-state index contributed by atoms with van der Waals surface area (Å²) in [5.74, 6) is -0.514. The fraction of sp³-hybridized carbons (Fsp3) is 0.333. The first kappa shape index (κ1) is 10.7. The maximum Gasteiger partial charge on any atom is 0.147 e. The van der Waals surface area contributed by atoms with E-state index in [-0.39, 0.29) is 10.6 Å². The first-order valence-electron chi connectivity index (χ1n) is 5.01. The van der Waals surface area contributed by atoms with Crippen molar-refractivity contribution in [3.05, 3.63) is 46.3 Å². The molecule has 15 heavy (non-hydrogen) atoms. The summed E-state index contributed by atoms with van der Waals surface area (Å²) >= 11 is 5.66. The largest absolute Gasteiger partial charge is 0.384 e. The Hall–Kier alpha value is -0.860. The molecular weight excluding hydrogens is 215 g/mol. The molecule has 0 spiro atoms. The van der Waals surface area contributed by atoms with E-state index >= 15 is 0 Å². The molecule has 0 radical (unpaired) electrons. The van der Waals surface area contributed by atoms with E-state index in [2.05, 4.69) is 0 Å². The van der Waals surface area contributed by atoms with Crippen LogP contribution in [-0.4, -0.2) is 5.11 Å². The lowest BCUT2D eigenvalue weighted by Gasteiger charge is -2.13. The molecule has 1 aromatic rings. The van der Waals surface area contributed by atoms with E-state index in [1.165, 1.54) is 6.07 Å². The van der Waals surface area contributed by atoms with E-state index < -0.39 is 11.9 Å². The summed E-state index contributed by atoms with van der Waals surface area (Å²) in [4.78, 5) is 0. The third-order valence-corrected chi connectivity index (χ3v) is 3.00. The van der Waals surface area contributed by atoms with Crippen LogP contribution in [0.25, 0.3) is 0 Å². The number of aliphatic hydroxyl groups excluding tert-OH is 1. The van der Waals surface area contributed by atoms with Crippen LogP contribution in [0.2, 0.25) is 5.02 Å². The predicted molar refractivity (Wildman–Crippen MR) is 58.3 cm³/mol. The van der Waals surface area contributed by atoms with Gasteiger partial charge in [-0.15, -0.1) is 0 Å². The van der Waals surface area contributed by atoms with Gasteiger partial charge in [0.15, 0.2) is 0 Å². The third kappa shape index (κ3) is 2.06. The first-order valence-corrected chi connectivity index (χ1v) is 5.39. The molecule has 1 aliphatic rings. The molecule has 1 unspecified atom stereocenters. The summed E-state index contributed by atoms with van der Waals surface area (Å²) in [6, 6.07) is 4.71. The van der Waals surface area contributed by atoms with Gasteiger partial charge in [-0.05, 0) is 30.9 Å². The van der Waals surface area contributed by atoms with E-state index in [0.29, 0.717) is 0 Å². The van der Waals surface area contributed by atoms with E-state index in [1.54, 1.807) is 12.1 Å². The molecule has 0 bridgehead atoms. The van der Waals surface area contributed by atoms with E-state index in [1.807, 2.05) is 6.08 Å². The van der Waals surface area contributed by atoms with Crippen LogP contribution >= 0.6 is 11.6 Å². The van der Waals surface area contributed by atoms with Crippen molar-refractivity contribution >= 4 is 11.6 Å². The van der Waals surface area contributed by atoms with Gasteiger partial charge in [0.25, 0.3) is 0 Å². The minimum absolute atomic E-state index is 0.0603. The van der Waals surface area contributed by atoms with Crippen molar-refractivity contribution < 1.29 is 9.50 Å². The van der Waals surface area contributed by atoms with Gasteiger partial charge in [0.1, 0.15) is 11.9 Å². The lowest BCUT2D eigenvalue weighted by Crippen LogP contribution is -2.03. The molecule has 0 heterocycles. The molecule has 1 aliphatic carbocycles. The summed E-state index contributed by atoms with van der Waals surface area (Å²) in [6.45, 7) is 0. The highest BCUT2D eigenvalue weighted by atomic mass is 35.5. The minimum atomic E-state index is -0.841. The summed E-state index contributed by atoms with van der Waals surface area (Å²) in [5.41, 5.74) is 1.17. The van der Waals surface area contributed by atoms with E-state index in [4.69, 9.17) is 11.6 Å². The Morgan fingerprint density at radius 3 is 2.87 bits per heavy atom. The number of halogens is 2. The van der Waals surface area contributed by atoms with Gasteiger partial charge in [-0.3, -0.25) is 0 Å². The second-order valence-corrected chi connectivity index (χ2v) is 4.12. The Balaban J connectivity index is 2.32. The Bertz CT molecular complexity index is 401. The lowest BCUT2D eigenvalue weighted by molar-refractivity contribution is 0.207. The Morgan fingerprint density at radius 2 is 2.20 bits per heavy atom. The topological polar surface area (TPSA) is 20.2 Å². The van der Waals surface area contributed by atoms with Crippen molar-refractivity contribution in [1.29, 1.82) is 0 Å². The smallest absolute Gasteiger partial charge is 0.147 e. The highest BCUT2D eigenvalue weighted by Gasteiger charge is 2.20. The quantitative estimate of drug-likeness (QED) is 0.764. The zero-order chi connectivity index (χ0) is 10.8. The molecule has 0 amide bonds. The first-order chi connectivity index (χ1) is 7.20. The van der Waals surface area contributed by atoms with Crippen molar-refractivity contribution in [2.75, 3.05) is 0 Å². The second-order valence-electron chi connectivity index (χ2n) is 3.72. The maximum atomic E-state index is 13.6. The number of rotatable bonds is 2. The third-order valence-electron chi connectivity index (χ3n) is 2.70. The Morgan fingerprint density at radius 1 is 1.40 bits per heavy atom. The van der Waals surface area contributed by atoms with Crippen LogP contribution in [0.1, 0.15) is 30.9 Å². The number of benzene rings is 1. The standard InChI is InChI=1S/C12H12ClFO/c13-10-7-3-6-9(11(10)14)12(15)8-4-1-2-5-8/h3-4,6-7,12,15H,1-2,5H2. The minimum Gasteiger partial charge on any atom is -0.384 e. The van der Waals surface area contributed by atoms with Gasteiger partial charge in [0, 0.05) is 5.56 Å². The fourth-order valence-corrected chi connectivity index (χ4v) is 2.06. The van der Waals surface area contributed by atoms with Gasteiger partial charge in [0.05, 0.1) is 5.02 Å². The van der Waals surface area contributed by atoms with Crippen LogP contribution in [0.5, 0.6) is 0 Å².